The fourth-order valence-corrected chi connectivity index (χ4v) is 2.19. The summed E-state index contributed by atoms with van der Waals surface area (Å²) in [6.07, 6.45) is 0. The molecule has 1 aliphatic heterocycles. The molecule has 4 nitrogen and oxygen atoms in total. The van der Waals surface area contributed by atoms with Crippen molar-refractivity contribution in [3.63, 3.8) is 0 Å². The molecule has 1 unspecified atom stereocenters. The van der Waals surface area contributed by atoms with Gasteiger partial charge in [0.2, 0.25) is 0 Å². The van der Waals surface area contributed by atoms with Gasteiger partial charge in [0.05, 0.1) is 13.2 Å². The van der Waals surface area contributed by atoms with E-state index in [0.717, 1.165) is 38.4 Å². The van der Waals surface area contributed by atoms with Crippen molar-refractivity contribution in [1.82, 2.24) is 4.90 Å². The third kappa shape index (κ3) is 3.43. The van der Waals surface area contributed by atoms with E-state index in [1.807, 2.05) is 12.1 Å². The lowest BCUT2D eigenvalue weighted by Gasteiger charge is -2.30. The standard InChI is InChI=1S/C13H20N2O2/c14-9-12(10-15-4-6-17-7-5-15)11-2-1-3-13(16)8-11/h1-3,8,12,16H,4-7,9-10,14H2. The number of morpholine rings is 1. The molecule has 1 heterocycles. The topological polar surface area (TPSA) is 58.7 Å². The molecule has 0 aliphatic carbocycles. The number of phenols is 1. The van der Waals surface area contributed by atoms with Gasteiger partial charge < -0.3 is 15.6 Å². The molecule has 0 saturated carbocycles. The maximum Gasteiger partial charge on any atom is 0.115 e. The Balaban J connectivity index is 2.00. The van der Waals surface area contributed by atoms with Crippen molar-refractivity contribution >= 4 is 0 Å². The van der Waals surface area contributed by atoms with E-state index in [-0.39, 0.29) is 5.92 Å². The highest BCUT2D eigenvalue weighted by atomic mass is 16.5. The molecule has 0 spiro atoms. The maximum atomic E-state index is 9.49. The number of hydrogen-bond acceptors (Lipinski definition) is 4. The summed E-state index contributed by atoms with van der Waals surface area (Å²) >= 11 is 0. The van der Waals surface area contributed by atoms with Crippen LogP contribution in [0, 0.1) is 0 Å². The monoisotopic (exact) mass is 236 g/mol. The molecule has 94 valence electrons. The van der Waals surface area contributed by atoms with E-state index < -0.39 is 0 Å². The Morgan fingerprint density at radius 2 is 2.12 bits per heavy atom. The van der Waals surface area contributed by atoms with Gasteiger partial charge >= 0.3 is 0 Å². The van der Waals surface area contributed by atoms with E-state index in [4.69, 9.17) is 10.5 Å². The van der Waals surface area contributed by atoms with Gasteiger partial charge in [-0.15, -0.1) is 0 Å². The molecule has 0 amide bonds. The number of rotatable bonds is 4. The second kappa shape index (κ2) is 6.00. The minimum atomic E-state index is 0.278. The first kappa shape index (κ1) is 12.4. The fraction of sp³-hybridized carbons (Fsp3) is 0.538. The van der Waals surface area contributed by atoms with E-state index >= 15 is 0 Å². The van der Waals surface area contributed by atoms with Crippen molar-refractivity contribution in [2.75, 3.05) is 39.4 Å². The minimum absolute atomic E-state index is 0.278. The summed E-state index contributed by atoms with van der Waals surface area (Å²) in [5.74, 6) is 0.586. The summed E-state index contributed by atoms with van der Waals surface area (Å²) in [7, 11) is 0. The predicted octanol–water partition coefficient (Wildman–Crippen LogP) is 0.767. The van der Waals surface area contributed by atoms with Gasteiger partial charge in [0.1, 0.15) is 5.75 Å². The number of nitrogens with two attached hydrogens (primary N) is 1. The second-order valence-corrected chi connectivity index (χ2v) is 4.44. The molecule has 2 rings (SSSR count). The Morgan fingerprint density at radius 1 is 1.35 bits per heavy atom. The average molecular weight is 236 g/mol. The van der Waals surface area contributed by atoms with Gasteiger partial charge in [-0.3, -0.25) is 4.90 Å². The van der Waals surface area contributed by atoms with Gasteiger partial charge in [-0.2, -0.15) is 0 Å². The number of nitrogens with zero attached hydrogens (tertiary/aromatic N) is 1. The molecule has 3 N–H and O–H groups in total. The number of ether oxygens (including phenoxy) is 1. The van der Waals surface area contributed by atoms with E-state index in [2.05, 4.69) is 4.90 Å². The molecule has 0 aromatic heterocycles. The number of phenolic OH excluding ortho intramolecular Hbond substituents is 1. The van der Waals surface area contributed by atoms with Gasteiger partial charge in [-0.25, -0.2) is 0 Å². The normalized spacial score (nSPS) is 19.1. The smallest absolute Gasteiger partial charge is 0.115 e. The number of hydrogen-bond donors (Lipinski definition) is 2. The number of benzene rings is 1. The minimum Gasteiger partial charge on any atom is -0.508 e. The van der Waals surface area contributed by atoms with Crippen LogP contribution in [0.3, 0.4) is 0 Å². The second-order valence-electron chi connectivity index (χ2n) is 4.44. The number of aromatic hydroxyl groups is 1. The molecular weight excluding hydrogens is 216 g/mol. The van der Waals surface area contributed by atoms with Crippen LogP contribution in [0.5, 0.6) is 5.75 Å². The van der Waals surface area contributed by atoms with Crippen molar-refractivity contribution in [3.8, 4) is 5.75 Å². The van der Waals surface area contributed by atoms with Crippen molar-refractivity contribution in [1.29, 1.82) is 0 Å². The van der Waals surface area contributed by atoms with Gasteiger partial charge in [0.15, 0.2) is 0 Å². The van der Waals surface area contributed by atoms with E-state index in [1.165, 1.54) is 0 Å². The van der Waals surface area contributed by atoms with Crippen LogP contribution in [0.25, 0.3) is 0 Å². The quantitative estimate of drug-likeness (QED) is 0.810. The molecule has 1 atom stereocenters. The molecule has 0 bridgehead atoms. The molecule has 0 radical (unpaired) electrons. The summed E-state index contributed by atoms with van der Waals surface area (Å²) in [5, 5.41) is 9.49. The molecule has 4 heteroatoms. The lowest BCUT2D eigenvalue weighted by Crippen LogP contribution is -2.40. The van der Waals surface area contributed by atoms with Crippen LogP contribution in [-0.2, 0) is 4.74 Å². The zero-order valence-corrected chi connectivity index (χ0v) is 10.0. The molecule has 1 saturated heterocycles. The fourth-order valence-electron chi connectivity index (χ4n) is 2.19. The van der Waals surface area contributed by atoms with Crippen LogP contribution in [0.2, 0.25) is 0 Å². The Bertz CT molecular complexity index is 351. The molecule has 1 aromatic rings. The predicted molar refractivity (Wildman–Crippen MR) is 67.2 cm³/mol. The SMILES string of the molecule is NCC(CN1CCOCC1)c1cccc(O)c1. The first-order chi connectivity index (χ1) is 8.29. The maximum absolute atomic E-state index is 9.49. The highest BCUT2D eigenvalue weighted by Crippen LogP contribution is 2.20. The summed E-state index contributed by atoms with van der Waals surface area (Å²) in [6, 6.07) is 7.38. The largest absolute Gasteiger partial charge is 0.508 e. The van der Waals surface area contributed by atoms with Crippen LogP contribution in [0.4, 0.5) is 0 Å². The Morgan fingerprint density at radius 3 is 2.76 bits per heavy atom. The highest BCUT2D eigenvalue weighted by Gasteiger charge is 2.17. The molecule has 17 heavy (non-hydrogen) atoms. The first-order valence-corrected chi connectivity index (χ1v) is 6.08. The third-order valence-corrected chi connectivity index (χ3v) is 3.21. The van der Waals surface area contributed by atoms with Gasteiger partial charge in [-0.1, -0.05) is 12.1 Å². The van der Waals surface area contributed by atoms with Gasteiger partial charge in [0, 0.05) is 32.1 Å². The van der Waals surface area contributed by atoms with Crippen molar-refractivity contribution in [3.05, 3.63) is 29.8 Å². The molecule has 1 aliphatic rings. The van der Waals surface area contributed by atoms with Crippen molar-refractivity contribution in [2.45, 2.75) is 5.92 Å². The first-order valence-electron chi connectivity index (χ1n) is 6.08. The van der Waals surface area contributed by atoms with Crippen LogP contribution in [-0.4, -0.2) is 49.4 Å². The van der Waals surface area contributed by atoms with E-state index in [0.29, 0.717) is 12.3 Å². The Labute approximate surface area is 102 Å². The zero-order chi connectivity index (χ0) is 12.1. The Hall–Kier alpha value is -1.10. The van der Waals surface area contributed by atoms with Crippen molar-refractivity contribution in [2.24, 2.45) is 5.73 Å². The molecular formula is C13H20N2O2. The lowest BCUT2D eigenvalue weighted by atomic mass is 9.98. The zero-order valence-electron chi connectivity index (χ0n) is 10.0. The van der Waals surface area contributed by atoms with Gasteiger partial charge in [0.25, 0.3) is 0 Å². The van der Waals surface area contributed by atoms with Crippen LogP contribution in [0.1, 0.15) is 11.5 Å². The van der Waals surface area contributed by atoms with Gasteiger partial charge in [-0.05, 0) is 17.7 Å². The highest BCUT2D eigenvalue weighted by molar-refractivity contribution is 5.30. The summed E-state index contributed by atoms with van der Waals surface area (Å²) in [6.45, 7) is 5.07. The van der Waals surface area contributed by atoms with Crippen molar-refractivity contribution < 1.29 is 9.84 Å². The summed E-state index contributed by atoms with van der Waals surface area (Å²) in [5.41, 5.74) is 6.94. The average Bonchev–Trinajstić information content (AvgIpc) is 2.37. The van der Waals surface area contributed by atoms with E-state index in [1.54, 1.807) is 12.1 Å². The molecule has 1 aromatic carbocycles. The summed E-state index contributed by atoms with van der Waals surface area (Å²) in [4.78, 5) is 2.37. The van der Waals surface area contributed by atoms with Crippen LogP contribution >= 0.6 is 0 Å². The van der Waals surface area contributed by atoms with Crippen LogP contribution in [0.15, 0.2) is 24.3 Å². The third-order valence-electron chi connectivity index (χ3n) is 3.21. The lowest BCUT2D eigenvalue weighted by molar-refractivity contribution is 0.0353. The van der Waals surface area contributed by atoms with E-state index in [9.17, 15) is 5.11 Å². The van der Waals surface area contributed by atoms with Crippen LogP contribution < -0.4 is 5.73 Å². The summed E-state index contributed by atoms with van der Waals surface area (Å²) < 4.78 is 5.33. The molecule has 1 fully saturated rings. The Kier molecular flexibility index (Phi) is 4.36.